The van der Waals surface area contributed by atoms with Crippen molar-refractivity contribution in [3.63, 3.8) is 0 Å². The van der Waals surface area contributed by atoms with Gasteiger partial charge < -0.3 is 5.32 Å². The highest BCUT2D eigenvalue weighted by Crippen LogP contribution is 2.08. The van der Waals surface area contributed by atoms with Gasteiger partial charge in [0.1, 0.15) is 0 Å². The van der Waals surface area contributed by atoms with Gasteiger partial charge in [-0.25, -0.2) is 5.14 Å². The molecule has 1 heterocycles. The van der Waals surface area contributed by atoms with Gasteiger partial charge in [-0.1, -0.05) is 6.92 Å². The predicted octanol–water partition coefficient (Wildman–Crippen LogP) is -0.889. The topological polar surface area (TPSA) is 95.7 Å². The molecule has 0 spiro atoms. The Hall–Kier alpha value is -0.700. The number of hydrogen-bond donors (Lipinski definition) is 2. The molecule has 8 heteroatoms. The van der Waals surface area contributed by atoms with E-state index in [4.69, 9.17) is 5.14 Å². The Morgan fingerprint density at radius 3 is 2.21 bits per heavy atom. The molecule has 0 radical (unpaired) electrons. The Morgan fingerprint density at radius 1 is 1.26 bits per heavy atom. The first-order valence-corrected chi connectivity index (χ1v) is 8.08. The lowest BCUT2D eigenvalue weighted by Crippen LogP contribution is -2.56. The van der Waals surface area contributed by atoms with Gasteiger partial charge in [0.05, 0.1) is 6.04 Å². The van der Waals surface area contributed by atoms with Gasteiger partial charge in [-0.15, -0.1) is 0 Å². The number of rotatable bonds is 5. The minimum Gasteiger partial charge on any atom is -0.352 e. The van der Waals surface area contributed by atoms with Crippen molar-refractivity contribution in [1.82, 2.24) is 14.5 Å². The number of piperazine rings is 1. The highest BCUT2D eigenvalue weighted by molar-refractivity contribution is 7.86. The molecule has 0 saturated carbocycles. The van der Waals surface area contributed by atoms with E-state index in [1.54, 1.807) is 0 Å². The first-order valence-electron chi connectivity index (χ1n) is 6.58. The van der Waals surface area contributed by atoms with Gasteiger partial charge in [0.15, 0.2) is 0 Å². The van der Waals surface area contributed by atoms with E-state index in [9.17, 15) is 13.2 Å². The van der Waals surface area contributed by atoms with Gasteiger partial charge in [-0.3, -0.25) is 9.69 Å². The monoisotopic (exact) mass is 292 g/mol. The van der Waals surface area contributed by atoms with Crippen LogP contribution in [0.5, 0.6) is 0 Å². The minimum atomic E-state index is -3.61. The second-order valence-corrected chi connectivity index (χ2v) is 6.52. The van der Waals surface area contributed by atoms with Gasteiger partial charge in [-0.05, 0) is 20.3 Å². The Bertz CT molecular complexity index is 404. The van der Waals surface area contributed by atoms with Crippen molar-refractivity contribution in [1.29, 1.82) is 0 Å². The third-order valence-electron chi connectivity index (χ3n) is 3.56. The lowest BCUT2D eigenvalue weighted by Gasteiger charge is -2.36. The van der Waals surface area contributed by atoms with Crippen LogP contribution in [0.15, 0.2) is 0 Å². The average Bonchev–Trinajstić information content (AvgIpc) is 2.36. The maximum Gasteiger partial charge on any atom is 0.276 e. The van der Waals surface area contributed by atoms with Crippen LogP contribution in [-0.2, 0) is 15.0 Å². The summed E-state index contributed by atoms with van der Waals surface area (Å²) in [6.45, 7) is 7.52. The summed E-state index contributed by atoms with van der Waals surface area (Å²) in [4.78, 5) is 14.0. The van der Waals surface area contributed by atoms with Crippen LogP contribution in [-0.4, -0.2) is 61.8 Å². The summed E-state index contributed by atoms with van der Waals surface area (Å²) >= 11 is 0. The van der Waals surface area contributed by atoms with E-state index >= 15 is 0 Å². The molecule has 0 bridgehead atoms. The highest BCUT2D eigenvalue weighted by Gasteiger charge is 2.29. The summed E-state index contributed by atoms with van der Waals surface area (Å²) in [6.07, 6.45) is 0.887. The van der Waals surface area contributed by atoms with E-state index in [0.29, 0.717) is 26.2 Å². The van der Waals surface area contributed by atoms with Crippen LogP contribution >= 0.6 is 0 Å². The molecule has 1 aliphatic heterocycles. The van der Waals surface area contributed by atoms with Crippen molar-refractivity contribution in [2.45, 2.75) is 39.3 Å². The lowest BCUT2D eigenvalue weighted by atomic mass is 10.2. The van der Waals surface area contributed by atoms with E-state index in [1.807, 2.05) is 25.7 Å². The largest absolute Gasteiger partial charge is 0.352 e. The molecular formula is C11H24N4O3S. The number of nitrogens with zero attached hydrogens (tertiary/aromatic N) is 2. The second kappa shape index (κ2) is 6.65. The standard InChI is InChI=1S/C11H24N4O3S/c1-4-9(2)13-11(16)10(3)14-5-7-15(8-6-14)19(12,17)18/h9-10H,4-8H2,1-3H3,(H,13,16)(H2,12,17,18). The van der Waals surface area contributed by atoms with E-state index < -0.39 is 10.2 Å². The number of amides is 1. The van der Waals surface area contributed by atoms with E-state index in [-0.39, 0.29) is 18.0 Å². The second-order valence-electron chi connectivity index (χ2n) is 4.97. The van der Waals surface area contributed by atoms with Crippen molar-refractivity contribution in [2.75, 3.05) is 26.2 Å². The first-order chi connectivity index (χ1) is 8.75. The maximum absolute atomic E-state index is 12.0. The summed E-state index contributed by atoms with van der Waals surface area (Å²) in [7, 11) is -3.61. The number of carbonyl (C=O) groups excluding carboxylic acids is 1. The molecule has 2 unspecified atom stereocenters. The summed E-state index contributed by atoms with van der Waals surface area (Å²) in [6, 6.07) is -0.0997. The van der Waals surface area contributed by atoms with Crippen molar-refractivity contribution in [3.8, 4) is 0 Å². The average molecular weight is 292 g/mol. The van der Waals surface area contributed by atoms with Crippen LogP contribution in [0.4, 0.5) is 0 Å². The zero-order valence-corrected chi connectivity index (χ0v) is 12.6. The molecule has 0 aromatic heterocycles. The van der Waals surface area contributed by atoms with Gasteiger partial charge >= 0.3 is 0 Å². The zero-order valence-electron chi connectivity index (χ0n) is 11.8. The molecule has 112 valence electrons. The smallest absolute Gasteiger partial charge is 0.276 e. The van der Waals surface area contributed by atoms with Crippen molar-refractivity contribution in [2.24, 2.45) is 5.14 Å². The predicted molar refractivity (Wildman–Crippen MR) is 73.6 cm³/mol. The molecule has 1 saturated heterocycles. The van der Waals surface area contributed by atoms with Crippen LogP contribution in [0.25, 0.3) is 0 Å². The van der Waals surface area contributed by atoms with Crippen LogP contribution in [0.1, 0.15) is 27.2 Å². The molecule has 0 aliphatic carbocycles. The quantitative estimate of drug-likeness (QED) is 0.687. The van der Waals surface area contributed by atoms with Crippen LogP contribution < -0.4 is 10.5 Å². The van der Waals surface area contributed by atoms with E-state index in [0.717, 1.165) is 6.42 Å². The molecule has 1 amide bonds. The van der Waals surface area contributed by atoms with Gasteiger partial charge in [0.25, 0.3) is 10.2 Å². The Kier molecular flexibility index (Phi) is 5.72. The summed E-state index contributed by atoms with van der Waals surface area (Å²) in [5.74, 6) is -0.0154. The van der Waals surface area contributed by atoms with Crippen molar-refractivity contribution < 1.29 is 13.2 Å². The number of hydrogen-bond acceptors (Lipinski definition) is 4. The van der Waals surface area contributed by atoms with E-state index in [2.05, 4.69) is 5.32 Å². The first kappa shape index (κ1) is 16.4. The summed E-state index contributed by atoms with van der Waals surface area (Å²) < 4.78 is 23.6. The Balaban J connectivity index is 2.49. The Labute approximate surface area is 115 Å². The lowest BCUT2D eigenvalue weighted by molar-refractivity contribution is -0.126. The summed E-state index contributed by atoms with van der Waals surface area (Å²) in [5, 5.41) is 8.01. The normalized spacial score (nSPS) is 21.9. The number of carbonyl (C=O) groups is 1. The number of nitrogens with one attached hydrogen (secondary N) is 1. The van der Waals surface area contributed by atoms with E-state index in [1.165, 1.54) is 4.31 Å². The third-order valence-corrected chi connectivity index (χ3v) is 4.65. The maximum atomic E-state index is 12.0. The van der Waals surface area contributed by atoms with Gasteiger partial charge in [0.2, 0.25) is 5.91 Å². The molecule has 0 aromatic carbocycles. The SMILES string of the molecule is CCC(C)NC(=O)C(C)N1CCN(S(N)(=O)=O)CC1. The molecule has 1 fully saturated rings. The molecule has 2 atom stereocenters. The fourth-order valence-electron chi connectivity index (χ4n) is 1.98. The zero-order chi connectivity index (χ0) is 14.6. The molecule has 1 rings (SSSR count). The van der Waals surface area contributed by atoms with Crippen LogP contribution in [0.2, 0.25) is 0 Å². The number of nitrogens with two attached hydrogens (primary N) is 1. The van der Waals surface area contributed by atoms with Crippen LogP contribution in [0.3, 0.4) is 0 Å². The Morgan fingerprint density at radius 2 is 1.79 bits per heavy atom. The van der Waals surface area contributed by atoms with Crippen molar-refractivity contribution >= 4 is 16.1 Å². The highest BCUT2D eigenvalue weighted by atomic mass is 32.2. The fourth-order valence-corrected chi connectivity index (χ4v) is 2.65. The molecule has 1 aliphatic rings. The molecule has 3 N–H and O–H groups in total. The molecule has 0 aromatic rings. The minimum absolute atomic E-state index is 0.0154. The fraction of sp³-hybridized carbons (Fsp3) is 0.909. The van der Waals surface area contributed by atoms with Gasteiger partial charge in [0, 0.05) is 32.2 Å². The molecular weight excluding hydrogens is 268 g/mol. The molecule has 19 heavy (non-hydrogen) atoms. The third kappa shape index (κ3) is 4.72. The summed E-state index contributed by atoms with van der Waals surface area (Å²) in [5.41, 5.74) is 0. The van der Waals surface area contributed by atoms with Gasteiger partial charge in [-0.2, -0.15) is 12.7 Å². The van der Waals surface area contributed by atoms with Crippen molar-refractivity contribution in [3.05, 3.63) is 0 Å². The molecule has 7 nitrogen and oxygen atoms in total. The van der Waals surface area contributed by atoms with Crippen LogP contribution in [0, 0.1) is 0 Å².